The van der Waals surface area contributed by atoms with Crippen molar-refractivity contribution in [3.8, 4) is 5.75 Å². The molecule has 1 rings (SSSR count). The van der Waals surface area contributed by atoms with Crippen LogP contribution in [0.25, 0.3) is 0 Å². The van der Waals surface area contributed by atoms with Gasteiger partial charge in [0.1, 0.15) is 0 Å². The third-order valence-corrected chi connectivity index (χ3v) is 1.39. The molecule has 0 saturated carbocycles. The summed E-state index contributed by atoms with van der Waals surface area (Å²) >= 11 is 4.42. The number of hydrogen-bond acceptors (Lipinski definition) is 2. The third-order valence-electron chi connectivity index (χ3n) is 1.17. The molecule has 62 valence electrons. The van der Waals surface area contributed by atoms with Crippen LogP contribution in [0.1, 0.15) is 10.4 Å². The Labute approximate surface area is 72.1 Å². The maximum atomic E-state index is 10.3. The van der Waals surface area contributed by atoms with Crippen molar-refractivity contribution < 1.29 is 30.1 Å². The minimum absolute atomic E-state index is 0.221. The van der Waals surface area contributed by atoms with Gasteiger partial charge in [0.05, 0.1) is 0 Å². The van der Waals surface area contributed by atoms with Crippen LogP contribution in [-0.4, -0.2) is 11.1 Å². The van der Waals surface area contributed by atoms with Gasteiger partial charge in [-0.05, 0) is 0 Å². The van der Waals surface area contributed by atoms with Crippen LogP contribution in [0.15, 0.2) is 24.3 Å². The Balaban J connectivity index is 2.91. The molecule has 0 aromatic heterocycles. The van der Waals surface area contributed by atoms with Gasteiger partial charge in [-0.1, -0.05) is 0 Å². The zero-order valence-corrected chi connectivity index (χ0v) is 6.32. The SMILES string of the molecule is O=C(O)c1ccc([O][Cu])cc1. The van der Waals surface area contributed by atoms with Gasteiger partial charge >= 0.3 is 71.6 Å². The Kier molecular flexibility index (Phi) is 2.52. The van der Waals surface area contributed by atoms with Crippen molar-refractivity contribution in [2.24, 2.45) is 0 Å². The molecule has 1 N–H and O–H groups in total. The molecule has 0 saturated heterocycles. The molecule has 1 aromatic carbocycles. The maximum absolute atomic E-state index is 10.3. The zero-order chi connectivity index (χ0) is 8.27. The van der Waals surface area contributed by atoms with E-state index in [4.69, 9.17) is 5.11 Å². The number of benzene rings is 1. The van der Waals surface area contributed by atoms with Crippen LogP contribution in [0.4, 0.5) is 0 Å². The van der Waals surface area contributed by atoms with E-state index in [1.165, 1.54) is 24.3 Å². The summed E-state index contributed by atoms with van der Waals surface area (Å²) in [4.78, 5) is 10.3. The first kappa shape index (κ1) is 8.11. The van der Waals surface area contributed by atoms with Gasteiger partial charge in [-0.25, -0.2) is 0 Å². The molecule has 0 amide bonds. The van der Waals surface area contributed by atoms with E-state index in [0.29, 0.717) is 5.75 Å². The molecule has 11 heavy (non-hydrogen) atoms. The Morgan fingerprint density at radius 1 is 1.36 bits per heavy atom. The third kappa shape index (κ3) is 1.96. The van der Waals surface area contributed by atoms with Crippen molar-refractivity contribution in [1.82, 2.24) is 0 Å². The molecule has 0 bridgehead atoms. The first-order valence-corrected chi connectivity index (χ1v) is 3.21. The van der Waals surface area contributed by atoms with Crippen molar-refractivity contribution in [2.75, 3.05) is 0 Å². The van der Waals surface area contributed by atoms with Gasteiger partial charge in [0.2, 0.25) is 0 Å². The molecule has 0 radical (unpaired) electrons. The first-order chi connectivity index (χ1) is 5.24. The van der Waals surface area contributed by atoms with E-state index in [1.807, 2.05) is 0 Å². The Morgan fingerprint density at radius 2 is 1.91 bits per heavy atom. The van der Waals surface area contributed by atoms with Crippen molar-refractivity contribution in [3.63, 3.8) is 0 Å². The molecule has 0 unspecified atom stereocenters. The zero-order valence-electron chi connectivity index (χ0n) is 5.37. The van der Waals surface area contributed by atoms with Gasteiger partial charge in [0.15, 0.2) is 0 Å². The van der Waals surface area contributed by atoms with E-state index >= 15 is 0 Å². The molecule has 0 aliphatic heterocycles. The Hall–Kier alpha value is -0.991. The summed E-state index contributed by atoms with van der Waals surface area (Å²) in [6.45, 7) is 0. The number of aromatic carboxylic acids is 1. The average Bonchev–Trinajstić information content (AvgIpc) is 2.05. The molecule has 0 aliphatic carbocycles. The number of hydrogen-bond donors (Lipinski definition) is 1. The van der Waals surface area contributed by atoms with Crippen LogP contribution < -0.4 is 3.82 Å². The topological polar surface area (TPSA) is 46.5 Å². The molecule has 0 spiro atoms. The number of carboxylic acids is 1. The summed E-state index contributed by atoms with van der Waals surface area (Å²) in [6.07, 6.45) is 0. The van der Waals surface area contributed by atoms with Gasteiger partial charge in [0, 0.05) is 0 Å². The van der Waals surface area contributed by atoms with Crippen molar-refractivity contribution >= 4 is 5.97 Å². The Morgan fingerprint density at radius 3 is 2.27 bits per heavy atom. The van der Waals surface area contributed by atoms with Gasteiger partial charge in [-0.15, -0.1) is 0 Å². The van der Waals surface area contributed by atoms with Crippen LogP contribution >= 0.6 is 0 Å². The van der Waals surface area contributed by atoms with E-state index in [0.717, 1.165) is 0 Å². The molecule has 1 aromatic rings. The fourth-order valence-electron chi connectivity index (χ4n) is 0.639. The summed E-state index contributed by atoms with van der Waals surface area (Å²) < 4.78 is 4.42. The van der Waals surface area contributed by atoms with E-state index in [9.17, 15) is 4.79 Å². The van der Waals surface area contributed by atoms with Crippen LogP contribution in [0.3, 0.4) is 0 Å². The number of carboxylic acid groups (broad SMARTS) is 1. The molecular weight excluding hydrogens is 196 g/mol. The van der Waals surface area contributed by atoms with E-state index < -0.39 is 5.97 Å². The number of rotatable bonds is 2. The average molecular weight is 201 g/mol. The second-order valence-electron chi connectivity index (χ2n) is 1.89. The second kappa shape index (κ2) is 3.41. The predicted molar refractivity (Wildman–Crippen MR) is 34.0 cm³/mol. The van der Waals surface area contributed by atoms with Crippen molar-refractivity contribution in [3.05, 3.63) is 29.8 Å². The molecule has 0 aliphatic rings. The molecular formula is C7H5CuO3. The summed E-state index contributed by atoms with van der Waals surface area (Å²) in [6, 6.07) is 5.87. The Bertz CT molecular complexity index is 255. The van der Waals surface area contributed by atoms with Gasteiger partial charge in [0.25, 0.3) is 0 Å². The standard InChI is InChI=1S/C7H6O3.Cu/c8-6-3-1-5(2-4-6)7(9)10;/h1-4,8H,(H,9,10);/q;+1/p-1. The van der Waals surface area contributed by atoms with Crippen LogP contribution in [0, 0.1) is 0 Å². The van der Waals surface area contributed by atoms with Gasteiger partial charge in [-0.2, -0.15) is 0 Å². The first-order valence-electron chi connectivity index (χ1n) is 2.83. The van der Waals surface area contributed by atoms with E-state index in [-0.39, 0.29) is 5.56 Å². The van der Waals surface area contributed by atoms with E-state index in [1.54, 1.807) is 0 Å². The minimum atomic E-state index is -0.959. The molecule has 0 atom stereocenters. The summed E-state index contributed by atoms with van der Waals surface area (Å²) in [5.41, 5.74) is 0.221. The second-order valence-corrected chi connectivity index (χ2v) is 2.08. The van der Waals surface area contributed by atoms with E-state index in [2.05, 4.69) is 20.2 Å². The van der Waals surface area contributed by atoms with Gasteiger partial charge < -0.3 is 0 Å². The molecule has 0 fully saturated rings. The summed E-state index contributed by atoms with van der Waals surface area (Å²) in [5.74, 6) is -0.492. The van der Waals surface area contributed by atoms with Crippen LogP contribution in [0.2, 0.25) is 0 Å². The molecule has 0 heterocycles. The van der Waals surface area contributed by atoms with Crippen LogP contribution in [-0.2, 0) is 16.3 Å². The van der Waals surface area contributed by atoms with Crippen molar-refractivity contribution in [2.45, 2.75) is 0 Å². The fraction of sp³-hybridized carbons (Fsp3) is 0. The monoisotopic (exact) mass is 200 g/mol. The van der Waals surface area contributed by atoms with Crippen molar-refractivity contribution in [1.29, 1.82) is 0 Å². The fourth-order valence-corrected chi connectivity index (χ4v) is 0.767. The number of carbonyl (C=O) groups is 1. The quantitative estimate of drug-likeness (QED) is 0.731. The molecule has 3 nitrogen and oxygen atoms in total. The summed E-state index contributed by atoms with van der Waals surface area (Å²) in [7, 11) is 0. The summed E-state index contributed by atoms with van der Waals surface area (Å²) in [5, 5.41) is 8.48. The van der Waals surface area contributed by atoms with Gasteiger partial charge in [-0.3, -0.25) is 0 Å². The van der Waals surface area contributed by atoms with Crippen LogP contribution in [0.5, 0.6) is 5.75 Å². The predicted octanol–water partition coefficient (Wildman–Crippen LogP) is 1.23. The molecule has 4 heteroatoms. The normalized spacial score (nSPS) is 9.27.